The average molecular weight is 822 g/mol. The van der Waals surface area contributed by atoms with Gasteiger partial charge in [0.15, 0.2) is 37.3 Å². The Balaban J connectivity index is 0.000000165. The van der Waals surface area contributed by atoms with Gasteiger partial charge in [-0.25, -0.2) is 26.8 Å². The number of nitrogens with one attached hydrogen (secondary N) is 3. The zero-order valence-corrected chi connectivity index (χ0v) is 33.2. The molecule has 0 unspecified atom stereocenters. The van der Waals surface area contributed by atoms with Crippen molar-refractivity contribution >= 4 is 66.8 Å². The van der Waals surface area contributed by atoms with E-state index in [1.165, 1.54) is 6.20 Å². The summed E-state index contributed by atoms with van der Waals surface area (Å²) in [6.07, 6.45) is 9.74. The molecule has 2 amide bonds. The second-order valence-corrected chi connectivity index (χ2v) is 18.8. The first-order valence-electron chi connectivity index (χ1n) is 18.8. The highest BCUT2D eigenvalue weighted by molar-refractivity contribution is 7.91. The molecule has 9 rings (SSSR count). The number of carbonyl (C=O) groups is 3. The normalized spacial score (nSPS) is 16.3. The second-order valence-electron chi connectivity index (χ2n) is 14.3. The predicted octanol–water partition coefficient (Wildman–Crippen LogP) is 4.77. The van der Waals surface area contributed by atoms with Crippen LogP contribution in [0.3, 0.4) is 0 Å². The third-order valence-corrected chi connectivity index (χ3v) is 13.4. The first-order chi connectivity index (χ1) is 27.8. The van der Waals surface area contributed by atoms with Gasteiger partial charge < -0.3 is 10.6 Å². The van der Waals surface area contributed by atoms with E-state index in [0.29, 0.717) is 62.6 Å². The number of anilines is 2. The van der Waals surface area contributed by atoms with E-state index in [1.54, 1.807) is 71.5 Å². The Bertz CT molecular complexity index is 2890. The van der Waals surface area contributed by atoms with Crippen molar-refractivity contribution in [1.29, 1.82) is 0 Å². The van der Waals surface area contributed by atoms with Gasteiger partial charge in [0, 0.05) is 46.5 Å². The molecule has 2 aliphatic carbocycles. The molecular formula is C40H39N9O7S2. The largest absolute Gasteiger partial charge is 0.367 e. The summed E-state index contributed by atoms with van der Waals surface area (Å²) < 4.78 is 52.4. The molecule has 3 N–H and O–H groups in total. The maximum Gasteiger partial charge on any atom is 0.254 e. The monoisotopic (exact) mass is 821 g/mol. The average Bonchev–Trinajstić information content (AvgIpc) is 4.12. The predicted molar refractivity (Wildman–Crippen MR) is 217 cm³/mol. The van der Waals surface area contributed by atoms with Crippen molar-refractivity contribution in [2.75, 3.05) is 22.1 Å². The maximum absolute atomic E-state index is 12.4. The maximum atomic E-state index is 12.4. The van der Waals surface area contributed by atoms with Gasteiger partial charge in [-0.15, -0.1) is 0 Å². The Morgan fingerprint density at radius 2 is 1.21 bits per heavy atom. The van der Waals surface area contributed by atoms with Crippen LogP contribution < -0.4 is 16.0 Å². The summed E-state index contributed by atoms with van der Waals surface area (Å²) in [5.41, 5.74) is 4.82. The van der Waals surface area contributed by atoms with Gasteiger partial charge in [0.2, 0.25) is 5.91 Å². The van der Waals surface area contributed by atoms with Gasteiger partial charge >= 0.3 is 0 Å². The fraction of sp³-hybridized carbons (Fsp3) is 0.275. The van der Waals surface area contributed by atoms with E-state index in [0.717, 1.165) is 43.6 Å². The quantitative estimate of drug-likeness (QED) is 0.0863. The fourth-order valence-corrected chi connectivity index (χ4v) is 8.21. The first kappa shape index (κ1) is 38.6. The summed E-state index contributed by atoms with van der Waals surface area (Å²) >= 11 is 0. The second kappa shape index (κ2) is 15.2. The van der Waals surface area contributed by atoms with E-state index in [-0.39, 0.29) is 33.6 Å². The molecule has 5 heterocycles. The van der Waals surface area contributed by atoms with E-state index >= 15 is 0 Å². The zero-order chi connectivity index (χ0) is 40.8. The molecular weight excluding hydrogens is 783 g/mol. The molecule has 16 nitrogen and oxygen atoms in total. The van der Waals surface area contributed by atoms with Gasteiger partial charge in [-0.1, -0.05) is 38.1 Å². The molecule has 298 valence electrons. The van der Waals surface area contributed by atoms with Crippen molar-refractivity contribution in [1.82, 2.24) is 34.5 Å². The van der Waals surface area contributed by atoms with Crippen molar-refractivity contribution in [3.8, 4) is 22.5 Å². The van der Waals surface area contributed by atoms with Gasteiger partial charge in [-0.3, -0.25) is 19.7 Å². The fourth-order valence-electron chi connectivity index (χ4n) is 6.36. The Morgan fingerprint density at radius 1 is 0.724 bits per heavy atom. The van der Waals surface area contributed by atoms with E-state index in [1.807, 2.05) is 24.3 Å². The SMILES string of the molecule is CCS(=O)(=O)c1cccc(-c2cc(NC3CC3)n3ncc(/C=C4\CC(=O)NC4=O)c3n2)c1.CCS(=O)(=O)c1cccc(-c2cc(NC3CC3)n3ncc(C=O)c3n2)c1. The number of hydrogen-bond acceptors (Lipinski definition) is 13. The Hall–Kier alpha value is -6.27. The number of fused-ring (bicyclic) bond motifs is 2. The minimum Gasteiger partial charge on any atom is -0.367 e. The summed E-state index contributed by atoms with van der Waals surface area (Å²) in [5, 5.41) is 17.8. The molecule has 2 saturated carbocycles. The number of sulfone groups is 2. The molecule has 4 aromatic heterocycles. The number of imide groups is 1. The molecule has 1 saturated heterocycles. The number of aldehydes is 1. The molecule has 1 aliphatic heterocycles. The standard InChI is InChI=1S/C22H21N5O4S.C18H18N4O3S/c1-2-32(30,31)17-5-3-4-13(9-17)18-11-19(24-16-6-7-16)27-21(25-18)15(12-23-27)8-14-10-20(28)26-22(14)29;1-2-26(24,25)15-5-3-4-12(8-15)16-9-17(20-14-6-7-14)22-18(21-16)13(11-23)10-19-22/h3-5,8-9,11-12,16,24H,2,6-7,10H2,1H3,(H,26,28,29);3-5,8-11,14,20H,2,6-7H2,1H3/b14-8+;. The van der Waals surface area contributed by atoms with Crippen LogP contribution in [0.5, 0.6) is 0 Å². The summed E-state index contributed by atoms with van der Waals surface area (Å²) in [4.78, 5) is 44.6. The lowest BCUT2D eigenvalue weighted by atomic mass is 10.1. The van der Waals surface area contributed by atoms with Crippen LogP contribution in [0.4, 0.5) is 11.6 Å². The molecule has 3 fully saturated rings. The van der Waals surface area contributed by atoms with Gasteiger partial charge in [-0.05, 0) is 56.0 Å². The molecule has 0 radical (unpaired) electrons. The molecule has 58 heavy (non-hydrogen) atoms. The number of aromatic nitrogens is 6. The Labute approximate surface area is 333 Å². The van der Waals surface area contributed by atoms with Crippen molar-refractivity contribution in [3.63, 3.8) is 0 Å². The third-order valence-electron chi connectivity index (χ3n) is 9.95. The van der Waals surface area contributed by atoms with E-state index in [4.69, 9.17) is 4.98 Å². The van der Waals surface area contributed by atoms with Crippen LogP contribution in [0.2, 0.25) is 0 Å². The number of carbonyl (C=O) groups excluding carboxylic acids is 3. The van der Waals surface area contributed by atoms with E-state index < -0.39 is 25.6 Å². The molecule has 0 spiro atoms. The van der Waals surface area contributed by atoms with Crippen LogP contribution in [0.15, 0.2) is 88.4 Å². The van der Waals surface area contributed by atoms with Crippen LogP contribution in [-0.2, 0) is 29.3 Å². The van der Waals surface area contributed by atoms with Crippen LogP contribution in [0.25, 0.3) is 39.9 Å². The van der Waals surface area contributed by atoms with Crippen LogP contribution in [0, 0.1) is 0 Å². The number of nitrogens with zero attached hydrogens (tertiary/aromatic N) is 6. The zero-order valence-electron chi connectivity index (χ0n) is 31.5. The summed E-state index contributed by atoms with van der Waals surface area (Å²) in [7, 11) is -6.67. The number of benzene rings is 2. The van der Waals surface area contributed by atoms with Gasteiger partial charge in [-0.2, -0.15) is 19.2 Å². The summed E-state index contributed by atoms with van der Waals surface area (Å²) in [5.74, 6) is 0.765. The van der Waals surface area contributed by atoms with Crippen molar-refractivity contribution in [3.05, 3.63) is 89.8 Å². The molecule has 18 heteroatoms. The van der Waals surface area contributed by atoms with E-state index in [9.17, 15) is 31.2 Å². The summed E-state index contributed by atoms with van der Waals surface area (Å²) in [6, 6.07) is 17.9. The van der Waals surface area contributed by atoms with Gasteiger partial charge in [0.25, 0.3) is 5.91 Å². The number of hydrogen-bond donors (Lipinski definition) is 3. The van der Waals surface area contributed by atoms with Crippen molar-refractivity contribution in [2.45, 2.75) is 67.8 Å². The lowest BCUT2D eigenvalue weighted by molar-refractivity contribution is -0.124. The molecule has 6 aromatic rings. The van der Waals surface area contributed by atoms with Crippen molar-refractivity contribution in [2.24, 2.45) is 0 Å². The lowest BCUT2D eigenvalue weighted by Crippen LogP contribution is -2.19. The van der Waals surface area contributed by atoms with Gasteiger partial charge in [0.1, 0.15) is 11.6 Å². The highest BCUT2D eigenvalue weighted by Crippen LogP contribution is 2.32. The third kappa shape index (κ3) is 7.97. The Kier molecular flexibility index (Phi) is 10.1. The minimum atomic E-state index is -3.36. The van der Waals surface area contributed by atoms with E-state index in [2.05, 4.69) is 31.1 Å². The van der Waals surface area contributed by atoms with Crippen LogP contribution >= 0.6 is 0 Å². The highest BCUT2D eigenvalue weighted by Gasteiger charge is 2.27. The first-order valence-corrected chi connectivity index (χ1v) is 22.1. The van der Waals surface area contributed by atoms with Crippen LogP contribution in [-0.4, -0.2) is 87.7 Å². The summed E-state index contributed by atoms with van der Waals surface area (Å²) in [6.45, 7) is 3.23. The van der Waals surface area contributed by atoms with Crippen LogP contribution in [0.1, 0.15) is 61.9 Å². The highest BCUT2D eigenvalue weighted by atomic mass is 32.2. The minimum absolute atomic E-state index is 0.0124. The van der Waals surface area contributed by atoms with Gasteiger partial charge in [0.05, 0.1) is 57.1 Å². The molecule has 3 aliphatic rings. The van der Waals surface area contributed by atoms with Crippen molar-refractivity contribution < 1.29 is 31.2 Å². The number of amides is 2. The molecule has 2 aromatic carbocycles. The molecule has 0 bridgehead atoms. The lowest BCUT2D eigenvalue weighted by Gasteiger charge is -2.11. The Morgan fingerprint density at radius 3 is 1.64 bits per heavy atom. The molecule has 0 atom stereocenters. The number of rotatable bonds is 12. The topological polar surface area (TPSA) is 216 Å². The smallest absolute Gasteiger partial charge is 0.254 e.